The minimum atomic E-state index is -2.69. The topological polar surface area (TPSA) is 131 Å². The first kappa shape index (κ1) is 25.5. The Kier molecular flexibility index (Phi) is 8.17. The Morgan fingerprint density at radius 3 is 2.25 bits per heavy atom. The van der Waals surface area contributed by atoms with Gasteiger partial charge in [-0.25, -0.2) is 18.4 Å². The van der Waals surface area contributed by atoms with E-state index in [1.54, 1.807) is 45.0 Å². The highest BCUT2D eigenvalue weighted by Crippen LogP contribution is 2.37. The quantitative estimate of drug-likeness (QED) is 0.499. The molecule has 2 atom stereocenters. The van der Waals surface area contributed by atoms with E-state index in [0.29, 0.717) is 11.3 Å². The lowest BCUT2D eigenvalue weighted by molar-refractivity contribution is -0.139. The van der Waals surface area contributed by atoms with Crippen LogP contribution in [0.25, 0.3) is 0 Å². The zero-order chi connectivity index (χ0) is 24.1. The predicted octanol–water partition coefficient (Wildman–Crippen LogP) is 3.30. The van der Waals surface area contributed by atoms with Gasteiger partial charge in [0.05, 0.1) is 6.04 Å². The maximum absolute atomic E-state index is 13.3. The van der Waals surface area contributed by atoms with Crippen molar-refractivity contribution in [1.29, 1.82) is 0 Å². The number of carboxylic acid groups (broad SMARTS) is 1. The van der Waals surface area contributed by atoms with Crippen LogP contribution in [0.2, 0.25) is 0 Å². The van der Waals surface area contributed by atoms with Crippen molar-refractivity contribution >= 4 is 23.7 Å². The zero-order valence-electron chi connectivity index (χ0n) is 18.5. The minimum Gasteiger partial charge on any atom is -0.480 e. The molecule has 0 bridgehead atoms. The third-order valence-corrected chi connectivity index (χ3v) is 5.22. The minimum absolute atomic E-state index is 0.0125. The molecule has 0 radical (unpaired) electrons. The highest BCUT2D eigenvalue weighted by molar-refractivity contribution is 5.94. The molecule has 178 valence electrons. The van der Waals surface area contributed by atoms with Gasteiger partial charge in [0.15, 0.2) is 0 Å². The van der Waals surface area contributed by atoms with Crippen LogP contribution in [0, 0.1) is 5.92 Å². The largest absolute Gasteiger partial charge is 0.480 e. The van der Waals surface area contributed by atoms with E-state index in [2.05, 4.69) is 10.6 Å². The summed E-state index contributed by atoms with van der Waals surface area (Å²) < 4.78 is 31.7. The molecule has 10 heteroatoms. The molecule has 1 aromatic carbocycles. The van der Waals surface area contributed by atoms with E-state index >= 15 is 0 Å². The summed E-state index contributed by atoms with van der Waals surface area (Å²) in [5, 5.41) is 14.4. The Hall–Kier alpha value is -2.75. The summed E-state index contributed by atoms with van der Waals surface area (Å²) in [5.41, 5.74) is 6.28. The van der Waals surface area contributed by atoms with Gasteiger partial charge in [0.1, 0.15) is 11.6 Å². The first-order valence-electron chi connectivity index (χ1n) is 10.5. The van der Waals surface area contributed by atoms with Crippen LogP contribution in [0.15, 0.2) is 24.3 Å². The van der Waals surface area contributed by atoms with Crippen molar-refractivity contribution in [3.05, 3.63) is 29.8 Å². The first-order chi connectivity index (χ1) is 14.8. The van der Waals surface area contributed by atoms with Crippen molar-refractivity contribution in [1.82, 2.24) is 5.32 Å². The Bertz CT molecular complexity index is 814. The maximum atomic E-state index is 13.3. The molecule has 2 unspecified atom stereocenters. The molecule has 1 aromatic rings. The second kappa shape index (κ2) is 10.2. The predicted molar refractivity (Wildman–Crippen MR) is 114 cm³/mol. The lowest BCUT2D eigenvalue weighted by atomic mass is 9.82. The number of carboxylic acids is 1. The molecule has 32 heavy (non-hydrogen) atoms. The fraction of sp³-hybridized carbons (Fsp3) is 0.591. The molecule has 1 aliphatic rings. The Morgan fingerprint density at radius 1 is 1.19 bits per heavy atom. The van der Waals surface area contributed by atoms with Crippen molar-refractivity contribution in [3.63, 3.8) is 0 Å². The van der Waals surface area contributed by atoms with Gasteiger partial charge in [0.25, 0.3) is 0 Å². The molecular weight excluding hydrogens is 424 g/mol. The molecule has 1 fully saturated rings. The second-order valence-corrected chi connectivity index (χ2v) is 9.15. The highest BCUT2D eigenvalue weighted by Gasteiger charge is 2.38. The van der Waals surface area contributed by atoms with E-state index < -0.39 is 41.6 Å². The van der Waals surface area contributed by atoms with Gasteiger partial charge in [-0.15, -0.1) is 0 Å². The number of rotatable bonds is 7. The molecular formula is C22H31F2N3O5. The van der Waals surface area contributed by atoms with Crippen LogP contribution in [-0.4, -0.2) is 46.7 Å². The Morgan fingerprint density at radius 2 is 1.75 bits per heavy atom. The van der Waals surface area contributed by atoms with E-state index in [1.807, 2.05) is 0 Å². The summed E-state index contributed by atoms with van der Waals surface area (Å²) in [6.45, 7) is 5.01. The fourth-order valence-electron chi connectivity index (χ4n) is 3.47. The standard InChI is InChI=1S/C22H31F2N3O5/c1-21(2,3)32-20(31)27-16(19(29)30)12-13-4-6-15(7-5-13)26-18(28)17(25)14-8-10-22(23,24)11-9-14/h4-7,14,16-17H,8-12,25H2,1-3H3,(H,26,28)(H,27,31)(H,29,30). The van der Waals surface area contributed by atoms with Crippen molar-refractivity contribution in [2.75, 3.05) is 5.32 Å². The summed E-state index contributed by atoms with van der Waals surface area (Å²) in [7, 11) is 0. The van der Waals surface area contributed by atoms with Gasteiger partial charge in [-0.1, -0.05) is 12.1 Å². The summed E-state index contributed by atoms with van der Waals surface area (Å²) in [6, 6.07) is 4.33. The number of benzene rings is 1. The summed E-state index contributed by atoms with van der Waals surface area (Å²) in [4.78, 5) is 35.8. The van der Waals surface area contributed by atoms with Crippen LogP contribution in [0.4, 0.5) is 19.3 Å². The van der Waals surface area contributed by atoms with Gasteiger partial charge in [-0.2, -0.15) is 0 Å². The number of nitrogens with one attached hydrogen (secondary N) is 2. The highest BCUT2D eigenvalue weighted by atomic mass is 19.3. The third-order valence-electron chi connectivity index (χ3n) is 5.22. The third kappa shape index (κ3) is 8.07. The second-order valence-electron chi connectivity index (χ2n) is 9.15. The van der Waals surface area contributed by atoms with Gasteiger partial charge in [-0.05, 0) is 57.2 Å². The molecule has 2 rings (SSSR count). The van der Waals surface area contributed by atoms with Gasteiger partial charge in [0, 0.05) is 24.9 Å². The molecule has 8 nitrogen and oxygen atoms in total. The number of halogens is 2. The average Bonchev–Trinajstić information content (AvgIpc) is 2.66. The van der Waals surface area contributed by atoms with E-state index in [9.17, 15) is 28.3 Å². The maximum Gasteiger partial charge on any atom is 0.408 e. The SMILES string of the molecule is CC(C)(C)OC(=O)NC(Cc1ccc(NC(=O)C(N)C2CCC(F)(F)CC2)cc1)C(=O)O. The van der Waals surface area contributed by atoms with Gasteiger partial charge in [0.2, 0.25) is 11.8 Å². The van der Waals surface area contributed by atoms with Crippen LogP contribution in [0.3, 0.4) is 0 Å². The molecule has 0 aliphatic heterocycles. The molecule has 1 aliphatic carbocycles. The number of carbonyl (C=O) groups excluding carboxylic acids is 2. The molecule has 0 aromatic heterocycles. The van der Waals surface area contributed by atoms with Crippen LogP contribution >= 0.6 is 0 Å². The average molecular weight is 456 g/mol. The number of hydrogen-bond donors (Lipinski definition) is 4. The number of alkyl carbamates (subject to hydrolysis) is 1. The van der Waals surface area contributed by atoms with E-state index in [0.717, 1.165) is 0 Å². The Labute approximate surface area is 185 Å². The van der Waals surface area contributed by atoms with Crippen molar-refractivity contribution in [2.45, 2.75) is 76.5 Å². The van der Waals surface area contributed by atoms with Crippen molar-refractivity contribution in [2.24, 2.45) is 11.7 Å². The monoisotopic (exact) mass is 455 g/mol. The number of aliphatic carboxylic acids is 1. The van der Waals surface area contributed by atoms with Crippen LogP contribution in [0.1, 0.15) is 52.0 Å². The molecule has 1 saturated carbocycles. The number of amides is 2. The molecule has 0 saturated heterocycles. The lowest BCUT2D eigenvalue weighted by Gasteiger charge is -2.31. The fourth-order valence-corrected chi connectivity index (χ4v) is 3.47. The first-order valence-corrected chi connectivity index (χ1v) is 10.5. The van der Waals surface area contributed by atoms with Crippen LogP contribution < -0.4 is 16.4 Å². The summed E-state index contributed by atoms with van der Waals surface area (Å²) >= 11 is 0. The van der Waals surface area contributed by atoms with Crippen molar-refractivity contribution < 1.29 is 33.0 Å². The Balaban J connectivity index is 1.91. The lowest BCUT2D eigenvalue weighted by Crippen LogP contribution is -2.44. The number of anilines is 1. The normalized spacial score (nSPS) is 18.3. The smallest absolute Gasteiger partial charge is 0.408 e. The number of ether oxygens (including phenoxy) is 1. The molecule has 2 amide bonds. The van der Waals surface area contributed by atoms with E-state index in [-0.39, 0.29) is 38.0 Å². The number of hydrogen-bond acceptors (Lipinski definition) is 5. The van der Waals surface area contributed by atoms with Gasteiger partial charge >= 0.3 is 12.1 Å². The molecule has 5 N–H and O–H groups in total. The van der Waals surface area contributed by atoms with Crippen LogP contribution in [-0.2, 0) is 20.7 Å². The molecule has 0 heterocycles. The number of alkyl halides is 2. The molecule has 0 spiro atoms. The van der Waals surface area contributed by atoms with Crippen molar-refractivity contribution in [3.8, 4) is 0 Å². The number of nitrogens with two attached hydrogens (primary N) is 1. The van der Waals surface area contributed by atoms with E-state index in [1.165, 1.54) is 0 Å². The van der Waals surface area contributed by atoms with E-state index in [4.69, 9.17) is 10.5 Å². The van der Waals surface area contributed by atoms with Gasteiger partial charge < -0.3 is 26.2 Å². The number of carbonyl (C=O) groups is 3. The zero-order valence-corrected chi connectivity index (χ0v) is 18.5. The van der Waals surface area contributed by atoms with Crippen LogP contribution in [0.5, 0.6) is 0 Å². The summed E-state index contributed by atoms with van der Waals surface area (Å²) in [5.74, 6) is -4.65. The summed E-state index contributed by atoms with van der Waals surface area (Å²) in [6.07, 6.45) is -0.962. The van der Waals surface area contributed by atoms with Gasteiger partial charge in [-0.3, -0.25) is 4.79 Å².